The predicted molar refractivity (Wildman–Crippen MR) is 48.9 cm³/mol. The van der Waals surface area contributed by atoms with E-state index >= 15 is 0 Å². The first-order valence-corrected chi connectivity index (χ1v) is 4.68. The molecule has 102 valence electrons. The summed E-state index contributed by atoms with van der Waals surface area (Å²) in [6.07, 6.45) is -4.47. The van der Waals surface area contributed by atoms with Crippen LogP contribution >= 0.6 is 0 Å². The monoisotopic (exact) mass is 284 g/mol. The van der Waals surface area contributed by atoms with Gasteiger partial charge in [0, 0.05) is 6.20 Å². The van der Waals surface area contributed by atoms with E-state index in [1.165, 1.54) is 0 Å². The summed E-state index contributed by atoms with van der Waals surface area (Å²) >= 11 is 0. The zero-order valence-electron chi connectivity index (χ0n) is 8.75. The second-order valence-electron chi connectivity index (χ2n) is 3.46. The van der Waals surface area contributed by atoms with Crippen molar-refractivity contribution in [2.24, 2.45) is 0 Å². The lowest BCUT2D eigenvalue weighted by atomic mass is 10.1. The quantitative estimate of drug-likeness (QED) is 0.628. The van der Waals surface area contributed by atoms with Crippen LogP contribution in [0.25, 0.3) is 11.3 Å². The first-order chi connectivity index (χ1) is 8.75. The standard InChI is InChI=1S/C10H3F7N2/c11-6-4(3-1-2-18-19-3)7(12)9(14)5(8(6)13)10(15,16)17/h1-2H,(H,18,19). The molecule has 0 fully saturated rings. The van der Waals surface area contributed by atoms with Gasteiger partial charge >= 0.3 is 6.18 Å². The Hall–Kier alpha value is -2.06. The van der Waals surface area contributed by atoms with E-state index in [1.54, 1.807) is 0 Å². The van der Waals surface area contributed by atoms with Crippen LogP contribution < -0.4 is 0 Å². The molecule has 1 aromatic heterocycles. The molecular weight excluding hydrogens is 281 g/mol. The van der Waals surface area contributed by atoms with Crippen LogP contribution in [0.15, 0.2) is 12.3 Å². The molecule has 0 saturated heterocycles. The topological polar surface area (TPSA) is 28.7 Å². The molecule has 0 radical (unpaired) electrons. The van der Waals surface area contributed by atoms with Crippen LogP contribution in [0.5, 0.6) is 0 Å². The van der Waals surface area contributed by atoms with Crippen LogP contribution in [0.4, 0.5) is 30.7 Å². The molecule has 0 aliphatic carbocycles. The van der Waals surface area contributed by atoms with Gasteiger partial charge in [0.15, 0.2) is 23.3 Å². The van der Waals surface area contributed by atoms with Gasteiger partial charge in [-0.2, -0.15) is 18.3 Å². The molecule has 1 N–H and O–H groups in total. The molecule has 2 rings (SSSR count). The van der Waals surface area contributed by atoms with Crippen LogP contribution in [0.1, 0.15) is 5.56 Å². The third-order valence-electron chi connectivity index (χ3n) is 2.30. The van der Waals surface area contributed by atoms with Gasteiger partial charge in [-0.15, -0.1) is 0 Å². The van der Waals surface area contributed by atoms with Crippen LogP contribution in [-0.2, 0) is 6.18 Å². The Bertz CT molecular complexity index is 587. The van der Waals surface area contributed by atoms with Crippen molar-refractivity contribution < 1.29 is 30.7 Å². The maximum absolute atomic E-state index is 13.5. The lowest BCUT2D eigenvalue weighted by molar-refractivity contribution is -0.143. The van der Waals surface area contributed by atoms with Crippen molar-refractivity contribution in [3.05, 3.63) is 41.1 Å². The number of nitrogens with zero attached hydrogens (tertiary/aromatic N) is 1. The van der Waals surface area contributed by atoms with E-state index in [1.807, 2.05) is 0 Å². The van der Waals surface area contributed by atoms with Gasteiger partial charge in [-0.05, 0) is 6.07 Å². The molecule has 0 saturated carbocycles. The Morgan fingerprint density at radius 2 is 1.42 bits per heavy atom. The first kappa shape index (κ1) is 13.4. The van der Waals surface area contributed by atoms with Crippen LogP contribution in [0.2, 0.25) is 0 Å². The summed E-state index contributed by atoms with van der Waals surface area (Å²) in [6.45, 7) is 0. The Balaban J connectivity index is 2.82. The second kappa shape index (κ2) is 4.25. The Labute approximate surface area is 100 Å². The number of benzene rings is 1. The highest BCUT2D eigenvalue weighted by Crippen LogP contribution is 2.39. The average molecular weight is 284 g/mol. The zero-order valence-corrected chi connectivity index (χ0v) is 8.75. The van der Waals surface area contributed by atoms with Gasteiger partial charge in [-0.1, -0.05) is 0 Å². The summed E-state index contributed by atoms with van der Waals surface area (Å²) in [4.78, 5) is 0. The van der Waals surface area contributed by atoms with Gasteiger partial charge in [0.2, 0.25) is 0 Å². The van der Waals surface area contributed by atoms with Gasteiger partial charge in [-0.3, -0.25) is 5.10 Å². The third-order valence-corrected chi connectivity index (χ3v) is 2.30. The molecule has 2 nitrogen and oxygen atoms in total. The fourth-order valence-electron chi connectivity index (χ4n) is 1.50. The number of rotatable bonds is 1. The van der Waals surface area contributed by atoms with E-state index < -0.39 is 46.3 Å². The predicted octanol–water partition coefficient (Wildman–Crippen LogP) is 3.65. The van der Waals surface area contributed by atoms with Gasteiger partial charge in [0.05, 0.1) is 11.3 Å². The number of alkyl halides is 3. The SMILES string of the molecule is Fc1c(F)c(C(F)(F)F)c(F)c(F)c1-c1cc[nH]n1. The summed E-state index contributed by atoms with van der Waals surface area (Å²) in [5.41, 5.74) is -4.47. The molecule has 9 heteroatoms. The number of H-pyrrole nitrogens is 1. The summed E-state index contributed by atoms with van der Waals surface area (Å²) in [5, 5.41) is 5.38. The van der Waals surface area contributed by atoms with Crippen molar-refractivity contribution in [2.75, 3.05) is 0 Å². The highest BCUT2D eigenvalue weighted by Gasteiger charge is 2.42. The summed E-state index contributed by atoms with van der Waals surface area (Å²) in [5.74, 6) is -9.33. The molecule has 0 atom stereocenters. The van der Waals surface area contributed by atoms with Gasteiger partial charge in [0.25, 0.3) is 0 Å². The van der Waals surface area contributed by atoms with Crippen molar-refractivity contribution >= 4 is 0 Å². The molecule has 19 heavy (non-hydrogen) atoms. The maximum atomic E-state index is 13.5. The molecule has 2 aromatic rings. The number of halogens is 7. The van der Waals surface area contributed by atoms with Gasteiger partial charge in [-0.25, -0.2) is 17.6 Å². The molecule has 0 aliphatic rings. The van der Waals surface area contributed by atoms with Crippen LogP contribution in [-0.4, -0.2) is 10.2 Å². The normalized spacial score (nSPS) is 11.9. The fourth-order valence-corrected chi connectivity index (χ4v) is 1.50. The zero-order chi connectivity index (χ0) is 14.4. The lowest BCUT2D eigenvalue weighted by Crippen LogP contribution is -2.16. The minimum Gasteiger partial charge on any atom is -0.285 e. The molecule has 0 unspecified atom stereocenters. The van der Waals surface area contributed by atoms with E-state index in [2.05, 4.69) is 10.2 Å². The second-order valence-corrected chi connectivity index (χ2v) is 3.46. The third kappa shape index (κ3) is 2.04. The summed E-state index contributed by atoms with van der Waals surface area (Å²) < 4.78 is 90.4. The molecular formula is C10H3F7N2. The Morgan fingerprint density at radius 1 is 0.895 bits per heavy atom. The molecule has 0 amide bonds. The Morgan fingerprint density at radius 3 is 1.79 bits per heavy atom. The largest absolute Gasteiger partial charge is 0.422 e. The van der Waals surface area contributed by atoms with Crippen molar-refractivity contribution in [3.8, 4) is 11.3 Å². The summed E-state index contributed by atoms with van der Waals surface area (Å²) in [6, 6.07) is 0.952. The molecule has 0 spiro atoms. The minimum atomic E-state index is -5.56. The lowest BCUT2D eigenvalue weighted by Gasteiger charge is -2.12. The number of hydrogen-bond donors (Lipinski definition) is 1. The number of aromatic amines is 1. The number of hydrogen-bond acceptors (Lipinski definition) is 1. The minimum absolute atomic E-state index is 0.554. The van der Waals surface area contributed by atoms with Crippen LogP contribution in [0, 0.1) is 23.3 Å². The van der Waals surface area contributed by atoms with Crippen molar-refractivity contribution in [2.45, 2.75) is 6.18 Å². The Kier molecular flexibility index (Phi) is 2.99. The van der Waals surface area contributed by atoms with Crippen molar-refractivity contribution in [1.29, 1.82) is 0 Å². The van der Waals surface area contributed by atoms with E-state index in [-0.39, 0.29) is 0 Å². The maximum Gasteiger partial charge on any atom is 0.422 e. The molecule has 1 heterocycles. The van der Waals surface area contributed by atoms with Crippen LogP contribution in [0.3, 0.4) is 0 Å². The first-order valence-electron chi connectivity index (χ1n) is 4.68. The number of nitrogens with one attached hydrogen (secondary N) is 1. The molecule has 0 bridgehead atoms. The van der Waals surface area contributed by atoms with Gasteiger partial charge in [0.1, 0.15) is 5.56 Å². The highest BCUT2D eigenvalue weighted by molar-refractivity contribution is 5.61. The molecule has 1 aromatic carbocycles. The number of aromatic nitrogens is 2. The average Bonchev–Trinajstić information content (AvgIpc) is 2.79. The van der Waals surface area contributed by atoms with Crippen molar-refractivity contribution in [3.63, 3.8) is 0 Å². The molecule has 0 aliphatic heterocycles. The fraction of sp³-hybridized carbons (Fsp3) is 0.100. The van der Waals surface area contributed by atoms with Gasteiger partial charge < -0.3 is 0 Å². The van der Waals surface area contributed by atoms with E-state index in [0.29, 0.717) is 0 Å². The van der Waals surface area contributed by atoms with E-state index in [0.717, 1.165) is 12.3 Å². The van der Waals surface area contributed by atoms with E-state index in [4.69, 9.17) is 0 Å². The van der Waals surface area contributed by atoms with Crippen molar-refractivity contribution in [1.82, 2.24) is 10.2 Å². The highest BCUT2D eigenvalue weighted by atomic mass is 19.4. The smallest absolute Gasteiger partial charge is 0.285 e. The van der Waals surface area contributed by atoms with E-state index in [9.17, 15) is 30.7 Å². The summed E-state index contributed by atoms with van der Waals surface area (Å²) in [7, 11) is 0.